The molecule has 0 amide bonds. The Morgan fingerprint density at radius 1 is 1.09 bits per heavy atom. The van der Waals surface area contributed by atoms with Gasteiger partial charge in [-0.2, -0.15) is 4.31 Å². The van der Waals surface area contributed by atoms with E-state index in [2.05, 4.69) is 0 Å². The molecule has 0 aliphatic carbocycles. The molecule has 4 nitrogen and oxygen atoms in total. The van der Waals surface area contributed by atoms with E-state index in [9.17, 15) is 8.42 Å². The maximum atomic E-state index is 12.9. The van der Waals surface area contributed by atoms with Crippen molar-refractivity contribution in [3.63, 3.8) is 0 Å². The van der Waals surface area contributed by atoms with Crippen molar-refractivity contribution in [3.8, 4) is 0 Å². The van der Waals surface area contributed by atoms with E-state index in [-0.39, 0.29) is 6.10 Å². The lowest BCUT2D eigenvalue weighted by Crippen LogP contribution is -2.42. The molecule has 1 fully saturated rings. The van der Waals surface area contributed by atoms with Crippen molar-refractivity contribution in [2.45, 2.75) is 24.8 Å². The van der Waals surface area contributed by atoms with Crippen LogP contribution >= 0.6 is 0 Å². The monoisotopic (exact) mass is 331 g/mol. The van der Waals surface area contributed by atoms with Crippen molar-refractivity contribution in [2.75, 3.05) is 19.7 Å². The molecule has 1 atom stereocenters. The third-order valence-electron chi connectivity index (χ3n) is 4.19. The zero-order valence-electron chi connectivity index (χ0n) is 13.4. The second-order valence-corrected chi connectivity index (χ2v) is 7.83. The largest absolute Gasteiger partial charge is 0.371 e. The van der Waals surface area contributed by atoms with Crippen LogP contribution < -0.4 is 0 Å². The summed E-state index contributed by atoms with van der Waals surface area (Å²) in [7, 11) is -3.48. The van der Waals surface area contributed by atoms with Gasteiger partial charge in [-0.25, -0.2) is 8.42 Å². The van der Waals surface area contributed by atoms with E-state index >= 15 is 0 Å². The number of sulfonamides is 1. The van der Waals surface area contributed by atoms with Crippen LogP contribution in [-0.4, -0.2) is 32.4 Å². The predicted molar refractivity (Wildman–Crippen MR) is 89.8 cm³/mol. The first-order valence-electron chi connectivity index (χ1n) is 7.72. The Balaban J connectivity index is 1.88. The van der Waals surface area contributed by atoms with E-state index in [1.165, 1.54) is 4.31 Å². The van der Waals surface area contributed by atoms with Gasteiger partial charge in [0.25, 0.3) is 0 Å². The molecule has 0 N–H and O–H groups in total. The van der Waals surface area contributed by atoms with Crippen molar-refractivity contribution in [3.05, 3.63) is 65.2 Å². The van der Waals surface area contributed by atoms with E-state index < -0.39 is 10.0 Å². The minimum Gasteiger partial charge on any atom is -0.371 e. The first kappa shape index (κ1) is 16.2. The van der Waals surface area contributed by atoms with Crippen molar-refractivity contribution in [1.82, 2.24) is 4.31 Å². The summed E-state index contributed by atoms with van der Waals surface area (Å²) < 4.78 is 33.1. The predicted octanol–water partition coefficient (Wildman–Crippen LogP) is 3.07. The van der Waals surface area contributed by atoms with Gasteiger partial charge in [-0.15, -0.1) is 0 Å². The molecule has 0 spiro atoms. The number of benzene rings is 2. The molecule has 122 valence electrons. The smallest absolute Gasteiger partial charge is 0.243 e. The van der Waals surface area contributed by atoms with Gasteiger partial charge >= 0.3 is 0 Å². The fraction of sp³-hybridized carbons (Fsp3) is 0.333. The molecule has 1 aliphatic rings. The summed E-state index contributed by atoms with van der Waals surface area (Å²) in [5.41, 5.74) is 3.11. The van der Waals surface area contributed by atoms with Gasteiger partial charge in [0.05, 0.1) is 17.6 Å². The van der Waals surface area contributed by atoms with Gasteiger partial charge in [0.2, 0.25) is 10.0 Å². The van der Waals surface area contributed by atoms with Gasteiger partial charge in [0.1, 0.15) is 0 Å². The Kier molecular flexibility index (Phi) is 4.53. The highest BCUT2D eigenvalue weighted by molar-refractivity contribution is 7.89. The van der Waals surface area contributed by atoms with Gasteiger partial charge in [0, 0.05) is 13.1 Å². The van der Waals surface area contributed by atoms with Crippen LogP contribution in [0.1, 0.15) is 22.8 Å². The number of ether oxygens (including phenoxy) is 1. The highest BCUT2D eigenvalue weighted by Gasteiger charge is 2.31. The van der Waals surface area contributed by atoms with Crippen LogP contribution in [0, 0.1) is 13.8 Å². The molecule has 1 saturated heterocycles. The zero-order chi connectivity index (χ0) is 16.4. The van der Waals surface area contributed by atoms with E-state index in [1.54, 1.807) is 18.2 Å². The highest BCUT2D eigenvalue weighted by Crippen LogP contribution is 2.28. The summed E-state index contributed by atoms with van der Waals surface area (Å²) in [6.45, 7) is 5.06. The second kappa shape index (κ2) is 6.43. The third-order valence-corrected chi connectivity index (χ3v) is 6.05. The fourth-order valence-corrected chi connectivity index (χ4v) is 4.44. The quantitative estimate of drug-likeness (QED) is 0.868. The number of morpholine rings is 1. The number of hydrogen-bond donors (Lipinski definition) is 0. The van der Waals surface area contributed by atoms with Crippen LogP contribution in [0.4, 0.5) is 0 Å². The first-order chi connectivity index (χ1) is 11.0. The van der Waals surface area contributed by atoms with E-state index in [1.807, 2.05) is 44.2 Å². The number of rotatable bonds is 3. The Bertz CT molecular complexity index is 801. The zero-order valence-corrected chi connectivity index (χ0v) is 14.2. The van der Waals surface area contributed by atoms with Crippen LogP contribution in [0.25, 0.3) is 0 Å². The van der Waals surface area contributed by atoms with E-state index in [0.717, 1.165) is 16.7 Å². The molecular formula is C18H21NO3S. The van der Waals surface area contributed by atoms with Crippen molar-refractivity contribution < 1.29 is 13.2 Å². The Morgan fingerprint density at radius 3 is 2.61 bits per heavy atom. The molecule has 5 heteroatoms. The van der Waals surface area contributed by atoms with Crippen molar-refractivity contribution >= 4 is 10.0 Å². The summed E-state index contributed by atoms with van der Waals surface area (Å²) >= 11 is 0. The topological polar surface area (TPSA) is 46.6 Å². The molecule has 2 aromatic carbocycles. The van der Waals surface area contributed by atoms with Crippen molar-refractivity contribution in [2.24, 2.45) is 0 Å². The highest BCUT2D eigenvalue weighted by atomic mass is 32.2. The lowest BCUT2D eigenvalue weighted by molar-refractivity contribution is -0.00288. The first-order valence-corrected chi connectivity index (χ1v) is 9.16. The molecule has 0 bridgehead atoms. The lowest BCUT2D eigenvalue weighted by Gasteiger charge is -2.33. The van der Waals surface area contributed by atoms with Crippen LogP contribution in [0.15, 0.2) is 53.4 Å². The standard InChI is InChI=1S/C18H21NO3S/c1-14-6-5-8-16(12-14)23(20,21)19-10-11-22-18(13-19)17-9-4-3-7-15(17)2/h3-9,12,18H,10-11,13H2,1-2H3. The fourth-order valence-electron chi connectivity index (χ4n) is 2.91. The molecule has 1 aliphatic heterocycles. The minimum absolute atomic E-state index is 0.218. The van der Waals surface area contributed by atoms with Crippen LogP contribution in [0.5, 0.6) is 0 Å². The van der Waals surface area contributed by atoms with Crippen LogP contribution in [0.3, 0.4) is 0 Å². The maximum absolute atomic E-state index is 12.9. The molecule has 1 unspecified atom stereocenters. The molecule has 2 aromatic rings. The van der Waals surface area contributed by atoms with Gasteiger partial charge in [-0.1, -0.05) is 36.4 Å². The van der Waals surface area contributed by atoms with Gasteiger partial charge in [-0.3, -0.25) is 0 Å². The SMILES string of the molecule is Cc1cccc(S(=O)(=O)N2CCOC(c3ccccc3C)C2)c1. The average Bonchev–Trinajstić information content (AvgIpc) is 2.55. The number of nitrogens with zero attached hydrogens (tertiary/aromatic N) is 1. The normalized spacial score (nSPS) is 19.7. The Hall–Kier alpha value is -1.69. The molecule has 0 aromatic heterocycles. The van der Waals surface area contributed by atoms with E-state index in [0.29, 0.717) is 24.6 Å². The lowest BCUT2D eigenvalue weighted by atomic mass is 10.0. The van der Waals surface area contributed by atoms with Crippen LogP contribution in [0.2, 0.25) is 0 Å². The molecule has 1 heterocycles. The molecule has 3 rings (SSSR count). The summed E-state index contributed by atoms with van der Waals surface area (Å²) in [4.78, 5) is 0.350. The number of aryl methyl sites for hydroxylation is 2. The van der Waals surface area contributed by atoms with E-state index in [4.69, 9.17) is 4.74 Å². The Morgan fingerprint density at radius 2 is 1.87 bits per heavy atom. The van der Waals surface area contributed by atoms with Crippen molar-refractivity contribution in [1.29, 1.82) is 0 Å². The maximum Gasteiger partial charge on any atom is 0.243 e. The number of hydrogen-bond acceptors (Lipinski definition) is 3. The summed E-state index contributed by atoms with van der Waals surface area (Å²) in [6, 6.07) is 15.0. The molecule has 0 radical (unpaired) electrons. The van der Waals surface area contributed by atoms with Gasteiger partial charge in [0.15, 0.2) is 0 Å². The molecule has 23 heavy (non-hydrogen) atoms. The van der Waals surface area contributed by atoms with Crippen LogP contribution in [-0.2, 0) is 14.8 Å². The second-order valence-electron chi connectivity index (χ2n) is 5.90. The summed E-state index contributed by atoms with van der Waals surface area (Å²) in [5, 5.41) is 0. The minimum atomic E-state index is -3.48. The molecular weight excluding hydrogens is 310 g/mol. The third kappa shape index (κ3) is 3.32. The summed E-state index contributed by atoms with van der Waals surface area (Å²) in [6.07, 6.45) is -0.218. The van der Waals surface area contributed by atoms with Gasteiger partial charge < -0.3 is 4.74 Å². The van der Waals surface area contributed by atoms with Gasteiger partial charge in [-0.05, 0) is 42.7 Å². The summed E-state index contributed by atoms with van der Waals surface area (Å²) in [5.74, 6) is 0. The average molecular weight is 331 g/mol. The Labute approximate surface area is 137 Å². The molecule has 0 saturated carbocycles.